The molecule has 0 unspecified atom stereocenters. The fourth-order valence-corrected chi connectivity index (χ4v) is 2.07. The van der Waals surface area contributed by atoms with Gasteiger partial charge in [0.25, 0.3) is 0 Å². The van der Waals surface area contributed by atoms with Crippen LogP contribution in [-0.4, -0.2) is 11.7 Å². The topological polar surface area (TPSA) is 26.3 Å². The molecule has 0 aromatic heterocycles. The Balaban J connectivity index is 2.21. The summed E-state index contributed by atoms with van der Waals surface area (Å²) in [7, 11) is 0. The van der Waals surface area contributed by atoms with Crippen LogP contribution in [0, 0.1) is 5.82 Å². The van der Waals surface area contributed by atoms with E-state index in [1.807, 2.05) is 0 Å². The molecule has 2 nitrogen and oxygen atoms in total. The largest absolute Gasteiger partial charge is 0.454 e. The Morgan fingerprint density at radius 1 is 1.04 bits per heavy atom. The van der Waals surface area contributed by atoms with Crippen molar-refractivity contribution in [2.45, 2.75) is 32.1 Å². The second-order valence-electron chi connectivity index (χ2n) is 5.51. The SMILES string of the molecule is CCC(=O)c1ccc(Oc2ccc(C(F)(F)C(C)(F)F)cc2)c(F)c1. The molecule has 2 rings (SSSR count). The summed E-state index contributed by atoms with van der Waals surface area (Å²) in [6.07, 6.45) is 0.220. The van der Waals surface area contributed by atoms with Crippen LogP contribution in [-0.2, 0) is 5.92 Å². The van der Waals surface area contributed by atoms with Gasteiger partial charge in [0.2, 0.25) is 0 Å². The van der Waals surface area contributed by atoms with Crippen molar-refractivity contribution in [1.29, 1.82) is 0 Å². The molecular formula is C18H15F5O2. The highest BCUT2D eigenvalue weighted by Gasteiger charge is 2.53. The zero-order valence-corrected chi connectivity index (χ0v) is 13.5. The first-order chi connectivity index (χ1) is 11.6. The van der Waals surface area contributed by atoms with Gasteiger partial charge in [-0.05, 0) is 42.5 Å². The van der Waals surface area contributed by atoms with E-state index in [9.17, 15) is 26.7 Å². The molecule has 2 aromatic rings. The molecule has 0 fully saturated rings. The predicted octanol–water partition coefficient (Wildman–Crippen LogP) is 5.96. The summed E-state index contributed by atoms with van der Waals surface area (Å²) < 4.78 is 72.2. The van der Waals surface area contributed by atoms with E-state index >= 15 is 0 Å². The molecule has 0 heterocycles. The average Bonchev–Trinajstić information content (AvgIpc) is 2.55. The molecular weight excluding hydrogens is 343 g/mol. The van der Waals surface area contributed by atoms with Crippen LogP contribution in [0.15, 0.2) is 42.5 Å². The zero-order chi connectivity index (χ0) is 18.8. The van der Waals surface area contributed by atoms with Crippen molar-refractivity contribution in [3.8, 4) is 11.5 Å². The van der Waals surface area contributed by atoms with Crippen LogP contribution in [0.2, 0.25) is 0 Å². The van der Waals surface area contributed by atoms with Gasteiger partial charge in [-0.15, -0.1) is 0 Å². The Labute approximate surface area is 141 Å². The lowest BCUT2D eigenvalue weighted by atomic mass is 10.0. The van der Waals surface area contributed by atoms with Crippen LogP contribution < -0.4 is 4.74 Å². The summed E-state index contributed by atoms with van der Waals surface area (Å²) in [6.45, 7) is 1.77. The van der Waals surface area contributed by atoms with Gasteiger partial charge in [-0.1, -0.05) is 6.92 Å². The van der Waals surface area contributed by atoms with Gasteiger partial charge in [-0.3, -0.25) is 4.79 Å². The summed E-state index contributed by atoms with van der Waals surface area (Å²) in [6, 6.07) is 7.30. The molecule has 0 N–H and O–H groups in total. The highest BCUT2D eigenvalue weighted by molar-refractivity contribution is 5.95. The van der Waals surface area contributed by atoms with Crippen molar-refractivity contribution in [3.63, 3.8) is 0 Å². The van der Waals surface area contributed by atoms with Gasteiger partial charge < -0.3 is 4.74 Å². The summed E-state index contributed by atoms with van der Waals surface area (Å²) in [5.41, 5.74) is -0.691. The van der Waals surface area contributed by atoms with E-state index in [1.54, 1.807) is 6.92 Å². The van der Waals surface area contributed by atoms with Crippen LogP contribution >= 0.6 is 0 Å². The minimum atomic E-state index is -4.33. The minimum Gasteiger partial charge on any atom is -0.454 e. The summed E-state index contributed by atoms with van der Waals surface area (Å²) in [5, 5.41) is 0. The molecule has 0 atom stereocenters. The molecule has 0 aliphatic carbocycles. The summed E-state index contributed by atoms with van der Waals surface area (Å²) in [5.74, 6) is -9.81. The van der Waals surface area contributed by atoms with Gasteiger partial charge in [0.1, 0.15) is 5.75 Å². The third kappa shape index (κ3) is 3.97. The van der Waals surface area contributed by atoms with E-state index in [4.69, 9.17) is 4.74 Å². The lowest BCUT2D eigenvalue weighted by Crippen LogP contribution is -2.34. The number of alkyl halides is 4. The maximum atomic E-state index is 14.0. The van der Waals surface area contributed by atoms with Crippen molar-refractivity contribution in [1.82, 2.24) is 0 Å². The molecule has 0 spiro atoms. The van der Waals surface area contributed by atoms with Gasteiger partial charge >= 0.3 is 11.8 Å². The van der Waals surface area contributed by atoms with E-state index in [1.165, 1.54) is 12.1 Å². The molecule has 0 aliphatic rings. The Kier molecular flexibility index (Phi) is 5.15. The Morgan fingerprint density at radius 2 is 1.64 bits per heavy atom. The number of ketones is 1. The van der Waals surface area contributed by atoms with E-state index < -0.39 is 23.2 Å². The molecule has 0 saturated carbocycles. The molecule has 0 saturated heterocycles. The zero-order valence-electron chi connectivity index (χ0n) is 13.5. The normalized spacial score (nSPS) is 12.1. The smallest absolute Gasteiger partial charge is 0.335 e. The third-order valence-corrected chi connectivity index (χ3v) is 3.57. The van der Waals surface area contributed by atoms with Crippen LogP contribution in [0.5, 0.6) is 11.5 Å². The Bertz CT molecular complexity index is 764. The van der Waals surface area contributed by atoms with Gasteiger partial charge in [0.05, 0.1) is 0 Å². The number of Topliss-reactive ketones (excluding diaryl/α,β-unsaturated/α-hetero) is 1. The van der Waals surface area contributed by atoms with Gasteiger partial charge in [0, 0.05) is 24.5 Å². The number of ether oxygens (including phenoxy) is 1. The fourth-order valence-electron chi connectivity index (χ4n) is 2.07. The first kappa shape index (κ1) is 18.9. The fraction of sp³-hybridized carbons (Fsp3) is 0.278. The van der Waals surface area contributed by atoms with E-state index in [0.29, 0.717) is 0 Å². The van der Waals surface area contributed by atoms with Crippen LogP contribution in [0.3, 0.4) is 0 Å². The molecule has 0 amide bonds. The summed E-state index contributed by atoms with van der Waals surface area (Å²) >= 11 is 0. The molecule has 134 valence electrons. The van der Waals surface area contributed by atoms with Crippen LogP contribution in [0.4, 0.5) is 22.0 Å². The number of hydrogen-bond acceptors (Lipinski definition) is 2. The van der Waals surface area contributed by atoms with Crippen LogP contribution in [0.25, 0.3) is 0 Å². The van der Waals surface area contributed by atoms with Crippen molar-refractivity contribution in [3.05, 3.63) is 59.4 Å². The van der Waals surface area contributed by atoms with Crippen molar-refractivity contribution in [2.24, 2.45) is 0 Å². The molecule has 7 heteroatoms. The second-order valence-corrected chi connectivity index (χ2v) is 5.51. The van der Waals surface area contributed by atoms with Gasteiger partial charge in [-0.25, -0.2) is 4.39 Å². The highest BCUT2D eigenvalue weighted by atomic mass is 19.3. The molecule has 25 heavy (non-hydrogen) atoms. The Morgan fingerprint density at radius 3 is 2.12 bits per heavy atom. The van der Waals surface area contributed by atoms with Crippen molar-refractivity contribution >= 4 is 5.78 Å². The molecule has 0 radical (unpaired) electrons. The van der Waals surface area contributed by atoms with Crippen molar-refractivity contribution < 1.29 is 31.5 Å². The van der Waals surface area contributed by atoms with E-state index in [-0.39, 0.29) is 36.2 Å². The standard InChI is InChI=1S/C18H15F5O2/c1-3-15(24)11-4-9-16(14(19)10-11)25-13-7-5-12(6-8-13)18(22,23)17(2,20)21/h4-10H,3H2,1-2H3. The first-order valence-corrected chi connectivity index (χ1v) is 7.43. The number of carbonyl (C=O) groups is 1. The lowest BCUT2D eigenvalue weighted by molar-refractivity contribution is -0.204. The van der Waals surface area contributed by atoms with Crippen molar-refractivity contribution in [2.75, 3.05) is 0 Å². The van der Waals surface area contributed by atoms with E-state index in [2.05, 4.69) is 0 Å². The molecule has 2 aromatic carbocycles. The monoisotopic (exact) mass is 358 g/mol. The van der Waals surface area contributed by atoms with E-state index in [0.717, 1.165) is 30.3 Å². The number of benzene rings is 2. The Hall–Kier alpha value is -2.44. The number of rotatable bonds is 6. The number of carbonyl (C=O) groups excluding carboxylic acids is 1. The molecule has 0 aliphatic heterocycles. The quantitative estimate of drug-likeness (QED) is 0.471. The van der Waals surface area contributed by atoms with Gasteiger partial charge in [0.15, 0.2) is 17.3 Å². The predicted molar refractivity (Wildman–Crippen MR) is 82.1 cm³/mol. The lowest BCUT2D eigenvalue weighted by Gasteiger charge is -2.23. The average molecular weight is 358 g/mol. The highest BCUT2D eigenvalue weighted by Crippen LogP contribution is 2.43. The number of hydrogen-bond donors (Lipinski definition) is 0. The maximum Gasteiger partial charge on any atom is 0.335 e. The minimum absolute atomic E-state index is 0.00700. The second kappa shape index (κ2) is 6.82. The summed E-state index contributed by atoms with van der Waals surface area (Å²) in [4.78, 5) is 11.5. The van der Waals surface area contributed by atoms with Crippen LogP contribution in [0.1, 0.15) is 36.2 Å². The molecule has 0 bridgehead atoms. The maximum absolute atomic E-state index is 14.0. The first-order valence-electron chi connectivity index (χ1n) is 7.43. The van der Waals surface area contributed by atoms with Gasteiger partial charge in [-0.2, -0.15) is 17.6 Å². The number of halogens is 5. The third-order valence-electron chi connectivity index (χ3n) is 3.57.